The van der Waals surface area contributed by atoms with Crippen LogP contribution in [0.3, 0.4) is 0 Å². The van der Waals surface area contributed by atoms with Gasteiger partial charge in [0, 0.05) is 5.54 Å². The summed E-state index contributed by atoms with van der Waals surface area (Å²) in [7, 11) is 0. The topological polar surface area (TPSA) is 38.0 Å². The fraction of sp³-hybridized carbons (Fsp3) is 1.00. The van der Waals surface area contributed by atoms with Crippen molar-refractivity contribution in [2.45, 2.75) is 39.7 Å². The molecule has 0 amide bonds. The highest BCUT2D eigenvalue weighted by Gasteiger charge is 2.15. The van der Waals surface area contributed by atoms with Crippen LogP contribution in [0.1, 0.15) is 34.1 Å². The normalized spacial score (nSPS) is 12.7. The second-order valence-corrected chi connectivity index (χ2v) is 3.63. The molecule has 0 aliphatic rings. The van der Waals surface area contributed by atoms with Gasteiger partial charge in [-0.3, -0.25) is 11.3 Å². The van der Waals surface area contributed by atoms with Gasteiger partial charge in [-0.05, 0) is 26.2 Å². The highest BCUT2D eigenvalue weighted by Crippen LogP contribution is 2.13. The molecule has 0 saturated carbocycles. The van der Waals surface area contributed by atoms with Gasteiger partial charge in [0.05, 0.1) is 0 Å². The Hall–Kier alpha value is -0.0800. The summed E-state index contributed by atoms with van der Waals surface area (Å²) in [5.41, 5.74) is 2.86. The molecule has 0 rings (SSSR count). The lowest BCUT2D eigenvalue weighted by Gasteiger charge is -2.25. The van der Waals surface area contributed by atoms with Crippen LogP contribution in [0.2, 0.25) is 0 Å². The van der Waals surface area contributed by atoms with E-state index in [2.05, 4.69) is 33.1 Å². The minimum Gasteiger partial charge on any atom is -0.271 e. The third-order valence-electron chi connectivity index (χ3n) is 1.31. The number of nitrogens with one attached hydrogen (secondary N) is 1. The van der Waals surface area contributed by atoms with Gasteiger partial charge in [-0.25, -0.2) is 0 Å². The van der Waals surface area contributed by atoms with Gasteiger partial charge >= 0.3 is 0 Å². The quantitative estimate of drug-likeness (QED) is 0.446. The number of rotatable bonds is 3. The zero-order chi connectivity index (χ0) is 7.49. The number of hydrogen-bond acceptors (Lipinski definition) is 2. The van der Waals surface area contributed by atoms with Crippen LogP contribution in [0.25, 0.3) is 0 Å². The predicted molar refractivity (Wildman–Crippen MR) is 40.9 cm³/mol. The standard InChI is InChI=1S/C7H18N2/c1-6(2)5-7(3,4)9-8/h6,9H,5,8H2,1-4H3. The van der Waals surface area contributed by atoms with Crippen molar-refractivity contribution >= 4 is 0 Å². The van der Waals surface area contributed by atoms with E-state index in [9.17, 15) is 0 Å². The van der Waals surface area contributed by atoms with Gasteiger partial charge in [-0.15, -0.1) is 0 Å². The summed E-state index contributed by atoms with van der Waals surface area (Å²) in [4.78, 5) is 0. The summed E-state index contributed by atoms with van der Waals surface area (Å²) >= 11 is 0. The van der Waals surface area contributed by atoms with Crippen LogP contribution in [0.15, 0.2) is 0 Å². The van der Waals surface area contributed by atoms with E-state index in [4.69, 9.17) is 5.84 Å². The van der Waals surface area contributed by atoms with Crippen LogP contribution < -0.4 is 11.3 Å². The first-order chi connectivity index (χ1) is 3.98. The summed E-state index contributed by atoms with van der Waals surface area (Å²) in [5, 5.41) is 0. The maximum atomic E-state index is 5.30. The molecule has 0 radical (unpaired) electrons. The van der Waals surface area contributed by atoms with Gasteiger partial charge in [0.1, 0.15) is 0 Å². The lowest BCUT2D eigenvalue weighted by atomic mass is 9.94. The van der Waals surface area contributed by atoms with E-state index in [-0.39, 0.29) is 5.54 Å². The summed E-state index contributed by atoms with van der Waals surface area (Å²) < 4.78 is 0. The maximum absolute atomic E-state index is 5.30. The zero-order valence-corrected chi connectivity index (χ0v) is 6.86. The van der Waals surface area contributed by atoms with Gasteiger partial charge in [0.25, 0.3) is 0 Å². The van der Waals surface area contributed by atoms with Gasteiger partial charge in [-0.2, -0.15) is 0 Å². The van der Waals surface area contributed by atoms with Crippen LogP contribution in [0.4, 0.5) is 0 Å². The first-order valence-corrected chi connectivity index (χ1v) is 3.46. The van der Waals surface area contributed by atoms with E-state index in [1.807, 2.05) is 0 Å². The molecule has 0 saturated heterocycles. The first-order valence-electron chi connectivity index (χ1n) is 3.46. The summed E-state index contributed by atoms with van der Waals surface area (Å²) in [5.74, 6) is 6.01. The highest BCUT2D eigenvalue weighted by atomic mass is 15.3. The Bertz CT molecular complexity index is 77.0. The second-order valence-electron chi connectivity index (χ2n) is 3.63. The molecule has 9 heavy (non-hydrogen) atoms. The second kappa shape index (κ2) is 3.18. The average molecular weight is 130 g/mol. The van der Waals surface area contributed by atoms with Crippen molar-refractivity contribution in [3.63, 3.8) is 0 Å². The lowest BCUT2D eigenvalue weighted by molar-refractivity contribution is 0.323. The summed E-state index contributed by atoms with van der Waals surface area (Å²) in [6.45, 7) is 8.60. The van der Waals surface area contributed by atoms with E-state index in [0.29, 0.717) is 5.92 Å². The van der Waals surface area contributed by atoms with Crippen LogP contribution in [-0.2, 0) is 0 Å². The van der Waals surface area contributed by atoms with E-state index >= 15 is 0 Å². The molecule has 2 heteroatoms. The Kier molecular flexibility index (Phi) is 3.15. The summed E-state index contributed by atoms with van der Waals surface area (Å²) in [6.07, 6.45) is 1.11. The molecule has 0 bridgehead atoms. The third kappa shape index (κ3) is 4.43. The Balaban J connectivity index is 3.58. The van der Waals surface area contributed by atoms with Crippen molar-refractivity contribution in [2.75, 3.05) is 0 Å². The van der Waals surface area contributed by atoms with Crippen molar-refractivity contribution in [3.05, 3.63) is 0 Å². The molecule has 2 nitrogen and oxygen atoms in total. The minimum atomic E-state index is 0.0914. The molecule has 0 fully saturated rings. The number of hydrogen-bond donors (Lipinski definition) is 2. The molecule has 0 atom stereocenters. The average Bonchev–Trinajstić information content (AvgIpc) is 1.63. The molecular formula is C7H18N2. The van der Waals surface area contributed by atoms with Crippen LogP contribution >= 0.6 is 0 Å². The molecule has 0 aromatic heterocycles. The van der Waals surface area contributed by atoms with Gasteiger partial charge in [0.15, 0.2) is 0 Å². The molecule has 0 aromatic carbocycles. The van der Waals surface area contributed by atoms with Crippen LogP contribution in [0, 0.1) is 5.92 Å². The molecule has 0 unspecified atom stereocenters. The number of nitrogens with two attached hydrogens (primary N) is 1. The fourth-order valence-electron chi connectivity index (χ4n) is 1.08. The first kappa shape index (κ1) is 8.92. The zero-order valence-electron chi connectivity index (χ0n) is 6.86. The highest BCUT2D eigenvalue weighted by molar-refractivity contribution is 4.74. The van der Waals surface area contributed by atoms with Crippen molar-refractivity contribution in [2.24, 2.45) is 11.8 Å². The SMILES string of the molecule is CC(C)CC(C)(C)NN. The van der Waals surface area contributed by atoms with Gasteiger partial charge in [-0.1, -0.05) is 13.8 Å². The Labute approximate surface area is 57.8 Å². The van der Waals surface area contributed by atoms with Crippen molar-refractivity contribution in [1.82, 2.24) is 5.43 Å². The predicted octanol–water partition coefficient (Wildman–Crippen LogP) is 1.27. The van der Waals surface area contributed by atoms with Crippen molar-refractivity contribution in [3.8, 4) is 0 Å². The Morgan fingerprint density at radius 1 is 1.44 bits per heavy atom. The molecule has 0 aromatic rings. The maximum Gasteiger partial charge on any atom is 0.0267 e. The molecular weight excluding hydrogens is 112 g/mol. The Morgan fingerprint density at radius 2 is 1.89 bits per heavy atom. The van der Waals surface area contributed by atoms with E-state index < -0.39 is 0 Å². The molecule has 3 N–H and O–H groups in total. The Morgan fingerprint density at radius 3 is 2.00 bits per heavy atom. The number of hydrazine groups is 1. The monoisotopic (exact) mass is 130 g/mol. The van der Waals surface area contributed by atoms with E-state index in [0.717, 1.165) is 6.42 Å². The minimum absolute atomic E-state index is 0.0914. The molecule has 0 spiro atoms. The molecule has 56 valence electrons. The molecule has 0 heterocycles. The smallest absolute Gasteiger partial charge is 0.0267 e. The fourth-order valence-corrected chi connectivity index (χ4v) is 1.08. The third-order valence-corrected chi connectivity index (χ3v) is 1.31. The lowest BCUT2D eigenvalue weighted by Crippen LogP contribution is -2.44. The summed E-state index contributed by atoms with van der Waals surface area (Å²) in [6, 6.07) is 0. The van der Waals surface area contributed by atoms with Crippen molar-refractivity contribution < 1.29 is 0 Å². The van der Waals surface area contributed by atoms with Crippen LogP contribution in [0.5, 0.6) is 0 Å². The van der Waals surface area contributed by atoms with Gasteiger partial charge in [0.2, 0.25) is 0 Å². The largest absolute Gasteiger partial charge is 0.271 e. The van der Waals surface area contributed by atoms with Crippen LogP contribution in [-0.4, -0.2) is 5.54 Å². The van der Waals surface area contributed by atoms with Gasteiger partial charge < -0.3 is 0 Å². The molecule has 0 aliphatic carbocycles. The molecule has 0 aliphatic heterocycles. The van der Waals surface area contributed by atoms with E-state index in [1.165, 1.54) is 0 Å². The van der Waals surface area contributed by atoms with Crippen molar-refractivity contribution in [1.29, 1.82) is 0 Å². The van der Waals surface area contributed by atoms with E-state index in [1.54, 1.807) is 0 Å².